The second-order valence-electron chi connectivity index (χ2n) is 3.80. The second kappa shape index (κ2) is 4.82. The SMILES string of the molecule is Cc1n[nH]c(C)c1NS(=O)(=O)c1cnc(NN)nc1. The number of anilines is 2. The Balaban J connectivity index is 2.32. The molecule has 0 radical (unpaired) electrons. The smallest absolute Gasteiger partial charge is 0.265 e. The van der Waals surface area contributed by atoms with Crippen LogP contribution in [0.15, 0.2) is 17.3 Å². The molecule has 0 unspecified atom stereocenters. The van der Waals surface area contributed by atoms with Gasteiger partial charge in [-0.2, -0.15) is 5.10 Å². The number of hydrogen-bond acceptors (Lipinski definition) is 7. The first-order valence-electron chi connectivity index (χ1n) is 5.27. The summed E-state index contributed by atoms with van der Waals surface area (Å²) < 4.78 is 26.7. The van der Waals surface area contributed by atoms with Crippen molar-refractivity contribution < 1.29 is 8.42 Å². The lowest BCUT2D eigenvalue weighted by Crippen LogP contribution is -2.16. The molecule has 0 aromatic carbocycles. The third-order valence-corrected chi connectivity index (χ3v) is 3.74. The zero-order chi connectivity index (χ0) is 14.0. The number of nitrogens with one attached hydrogen (secondary N) is 3. The van der Waals surface area contributed by atoms with Crippen LogP contribution in [0.25, 0.3) is 0 Å². The number of nitrogens with zero attached hydrogens (tertiary/aromatic N) is 3. The van der Waals surface area contributed by atoms with E-state index in [1.54, 1.807) is 13.8 Å². The van der Waals surface area contributed by atoms with Crippen LogP contribution in [0, 0.1) is 13.8 Å². The van der Waals surface area contributed by atoms with E-state index in [1.165, 1.54) is 0 Å². The molecule has 0 atom stereocenters. The van der Waals surface area contributed by atoms with Gasteiger partial charge < -0.3 is 0 Å². The summed E-state index contributed by atoms with van der Waals surface area (Å²) in [7, 11) is -3.76. The molecule has 19 heavy (non-hydrogen) atoms. The lowest BCUT2D eigenvalue weighted by Gasteiger charge is -2.07. The van der Waals surface area contributed by atoms with Crippen LogP contribution < -0.4 is 16.0 Å². The molecule has 0 spiro atoms. The van der Waals surface area contributed by atoms with E-state index in [4.69, 9.17) is 5.84 Å². The van der Waals surface area contributed by atoms with Crippen molar-refractivity contribution in [2.45, 2.75) is 18.7 Å². The summed E-state index contributed by atoms with van der Waals surface area (Å²) in [5.74, 6) is 5.24. The summed E-state index contributed by atoms with van der Waals surface area (Å²) in [5, 5.41) is 6.61. The first kappa shape index (κ1) is 13.2. The molecular formula is C9H13N7O2S. The molecule has 0 saturated carbocycles. The Bertz CT molecular complexity index is 658. The van der Waals surface area contributed by atoms with Crippen molar-refractivity contribution in [3.05, 3.63) is 23.8 Å². The molecule has 0 aliphatic rings. The predicted molar refractivity (Wildman–Crippen MR) is 68.7 cm³/mol. The minimum absolute atomic E-state index is 0.0634. The van der Waals surface area contributed by atoms with Crippen LogP contribution >= 0.6 is 0 Å². The summed E-state index contributed by atoms with van der Waals surface area (Å²) in [4.78, 5) is 7.43. The Morgan fingerprint density at radius 1 is 1.26 bits per heavy atom. The van der Waals surface area contributed by atoms with Crippen molar-refractivity contribution in [1.29, 1.82) is 0 Å². The average Bonchev–Trinajstić information content (AvgIpc) is 2.70. The van der Waals surface area contributed by atoms with Gasteiger partial charge in [-0.05, 0) is 13.8 Å². The highest BCUT2D eigenvalue weighted by Crippen LogP contribution is 2.20. The van der Waals surface area contributed by atoms with E-state index in [9.17, 15) is 8.42 Å². The number of sulfonamides is 1. The molecule has 102 valence electrons. The Kier molecular flexibility index (Phi) is 3.36. The molecule has 9 nitrogen and oxygen atoms in total. The minimum Gasteiger partial charge on any atom is -0.292 e. The number of nitrogen functional groups attached to an aromatic ring is 1. The predicted octanol–water partition coefficient (Wildman–Crippen LogP) is -0.0971. The van der Waals surface area contributed by atoms with E-state index in [-0.39, 0.29) is 10.8 Å². The van der Waals surface area contributed by atoms with Crippen LogP contribution in [-0.2, 0) is 10.0 Å². The number of nitrogens with two attached hydrogens (primary N) is 1. The Labute approximate surface area is 109 Å². The van der Waals surface area contributed by atoms with Crippen molar-refractivity contribution >= 4 is 21.7 Å². The third kappa shape index (κ3) is 2.63. The van der Waals surface area contributed by atoms with Crippen LogP contribution in [0.3, 0.4) is 0 Å². The topological polar surface area (TPSA) is 139 Å². The minimum atomic E-state index is -3.76. The first-order chi connectivity index (χ1) is 8.94. The summed E-state index contributed by atoms with van der Waals surface area (Å²) in [5.41, 5.74) is 3.82. The molecule has 10 heteroatoms. The molecule has 0 aliphatic heterocycles. The molecule has 5 N–H and O–H groups in total. The maximum Gasteiger partial charge on any atom is 0.265 e. The molecule has 0 aliphatic carbocycles. The van der Waals surface area contributed by atoms with Crippen LogP contribution in [0.1, 0.15) is 11.4 Å². The second-order valence-corrected chi connectivity index (χ2v) is 5.48. The Morgan fingerprint density at radius 3 is 2.37 bits per heavy atom. The van der Waals surface area contributed by atoms with Gasteiger partial charge in [0.1, 0.15) is 4.90 Å². The largest absolute Gasteiger partial charge is 0.292 e. The highest BCUT2D eigenvalue weighted by Gasteiger charge is 2.18. The maximum atomic E-state index is 12.1. The van der Waals surface area contributed by atoms with Gasteiger partial charge in [-0.25, -0.2) is 24.2 Å². The summed E-state index contributed by atoms with van der Waals surface area (Å²) >= 11 is 0. The average molecular weight is 283 g/mol. The van der Waals surface area contributed by atoms with Gasteiger partial charge in [0.25, 0.3) is 10.0 Å². The van der Waals surface area contributed by atoms with Crippen LogP contribution in [-0.4, -0.2) is 28.6 Å². The van der Waals surface area contributed by atoms with Gasteiger partial charge in [-0.15, -0.1) is 0 Å². The van der Waals surface area contributed by atoms with Crippen molar-refractivity contribution in [3.8, 4) is 0 Å². The zero-order valence-corrected chi connectivity index (χ0v) is 11.1. The molecule has 2 heterocycles. The maximum absolute atomic E-state index is 12.1. The summed E-state index contributed by atoms with van der Waals surface area (Å²) in [6, 6.07) is 0. The first-order valence-corrected chi connectivity index (χ1v) is 6.75. The lowest BCUT2D eigenvalue weighted by atomic mass is 10.3. The highest BCUT2D eigenvalue weighted by atomic mass is 32.2. The summed E-state index contributed by atoms with van der Waals surface area (Å²) in [6.45, 7) is 3.41. The van der Waals surface area contributed by atoms with E-state index in [0.29, 0.717) is 17.1 Å². The standard InChI is InChI=1S/C9H13N7O2S/c1-5-8(6(2)15-14-5)16-19(17,18)7-3-11-9(13-10)12-4-7/h3-4,16H,10H2,1-2H3,(H,14,15)(H,11,12,13). The monoisotopic (exact) mass is 283 g/mol. The Morgan fingerprint density at radius 2 is 1.89 bits per heavy atom. The van der Waals surface area contributed by atoms with Gasteiger partial charge in [-0.3, -0.25) is 15.2 Å². The van der Waals surface area contributed by atoms with Crippen LogP contribution in [0.4, 0.5) is 11.6 Å². The van der Waals surface area contributed by atoms with Gasteiger partial charge in [0, 0.05) is 0 Å². The number of aromatic amines is 1. The fraction of sp³-hybridized carbons (Fsp3) is 0.222. The van der Waals surface area contributed by atoms with Crippen molar-refractivity contribution in [1.82, 2.24) is 20.2 Å². The molecule has 0 fully saturated rings. The van der Waals surface area contributed by atoms with E-state index in [0.717, 1.165) is 12.4 Å². The van der Waals surface area contributed by atoms with E-state index < -0.39 is 10.0 Å². The number of hydrogen-bond donors (Lipinski definition) is 4. The fourth-order valence-electron chi connectivity index (χ4n) is 1.42. The van der Waals surface area contributed by atoms with Crippen LogP contribution in [0.2, 0.25) is 0 Å². The van der Waals surface area contributed by atoms with Gasteiger partial charge >= 0.3 is 0 Å². The number of aromatic nitrogens is 4. The fourth-order valence-corrected chi connectivity index (χ4v) is 2.49. The number of aryl methyl sites for hydroxylation is 2. The molecular weight excluding hydrogens is 270 g/mol. The van der Waals surface area contributed by atoms with Gasteiger partial charge in [0.2, 0.25) is 5.95 Å². The van der Waals surface area contributed by atoms with E-state index in [1.807, 2.05) is 0 Å². The van der Waals surface area contributed by atoms with Crippen LogP contribution in [0.5, 0.6) is 0 Å². The molecule has 0 amide bonds. The van der Waals surface area contributed by atoms with Gasteiger partial charge in [-0.1, -0.05) is 0 Å². The van der Waals surface area contributed by atoms with Crippen molar-refractivity contribution in [2.75, 3.05) is 10.1 Å². The molecule has 2 aromatic rings. The number of rotatable bonds is 4. The molecule has 2 aromatic heterocycles. The van der Waals surface area contributed by atoms with Crippen molar-refractivity contribution in [3.63, 3.8) is 0 Å². The lowest BCUT2D eigenvalue weighted by molar-refractivity contribution is 0.600. The molecule has 0 bridgehead atoms. The van der Waals surface area contributed by atoms with Gasteiger partial charge in [0.05, 0.1) is 29.5 Å². The number of hydrazine groups is 1. The highest BCUT2D eigenvalue weighted by molar-refractivity contribution is 7.92. The van der Waals surface area contributed by atoms with E-state index >= 15 is 0 Å². The Hall–Kier alpha value is -2.20. The normalized spacial score (nSPS) is 11.3. The summed E-state index contributed by atoms with van der Waals surface area (Å²) in [6.07, 6.45) is 2.32. The zero-order valence-electron chi connectivity index (χ0n) is 10.3. The molecule has 2 rings (SSSR count). The van der Waals surface area contributed by atoms with E-state index in [2.05, 4.69) is 30.3 Å². The third-order valence-electron chi connectivity index (χ3n) is 2.43. The quantitative estimate of drug-likeness (QED) is 0.454. The number of H-pyrrole nitrogens is 1. The van der Waals surface area contributed by atoms with Crippen molar-refractivity contribution in [2.24, 2.45) is 5.84 Å². The van der Waals surface area contributed by atoms with Gasteiger partial charge in [0.15, 0.2) is 0 Å². The molecule has 0 saturated heterocycles.